The Bertz CT molecular complexity index is 556. The molecule has 0 saturated carbocycles. The van der Waals surface area contributed by atoms with E-state index in [1.54, 1.807) is 17.8 Å². The van der Waals surface area contributed by atoms with E-state index in [1.165, 1.54) is 11.0 Å². The quantitative estimate of drug-likeness (QED) is 0.725. The molecule has 0 fully saturated rings. The molecular formula is C18H22FNS. The minimum absolute atomic E-state index is 0.163. The molecule has 0 aliphatic carbocycles. The molecule has 2 rings (SSSR count). The molecule has 1 atom stereocenters. The van der Waals surface area contributed by atoms with Gasteiger partial charge < -0.3 is 5.32 Å². The molecule has 0 saturated heterocycles. The topological polar surface area (TPSA) is 12.0 Å². The first-order valence-corrected chi connectivity index (χ1v) is 8.36. The number of aryl methyl sites for hydroxylation is 1. The summed E-state index contributed by atoms with van der Waals surface area (Å²) in [5.41, 5.74) is 2.20. The van der Waals surface area contributed by atoms with Crippen LogP contribution in [0.5, 0.6) is 0 Å². The van der Waals surface area contributed by atoms with Gasteiger partial charge in [-0.15, -0.1) is 11.8 Å². The largest absolute Gasteiger partial charge is 0.309 e. The Morgan fingerprint density at radius 3 is 2.62 bits per heavy atom. The molecule has 0 spiro atoms. The fourth-order valence-corrected chi connectivity index (χ4v) is 3.27. The van der Waals surface area contributed by atoms with E-state index >= 15 is 0 Å². The van der Waals surface area contributed by atoms with E-state index in [-0.39, 0.29) is 11.9 Å². The Kier molecular flexibility index (Phi) is 6.27. The molecule has 0 amide bonds. The van der Waals surface area contributed by atoms with Crippen LogP contribution in [-0.2, 0) is 0 Å². The zero-order chi connectivity index (χ0) is 15.1. The third kappa shape index (κ3) is 4.87. The molecule has 0 aromatic heterocycles. The normalized spacial score (nSPS) is 12.3. The maximum atomic E-state index is 13.6. The van der Waals surface area contributed by atoms with E-state index in [9.17, 15) is 4.39 Å². The van der Waals surface area contributed by atoms with Gasteiger partial charge in [-0.25, -0.2) is 4.39 Å². The van der Waals surface area contributed by atoms with Crippen LogP contribution in [0.1, 0.15) is 30.5 Å². The van der Waals surface area contributed by atoms with Crippen LogP contribution in [-0.4, -0.2) is 12.3 Å². The first-order valence-electron chi connectivity index (χ1n) is 7.38. The van der Waals surface area contributed by atoms with Crippen LogP contribution in [0.4, 0.5) is 4.39 Å². The first kappa shape index (κ1) is 16.1. The molecule has 3 heteroatoms. The second kappa shape index (κ2) is 8.20. The van der Waals surface area contributed by atoms with Crippen LogP contribution in [0.2, 0.25) is 0 Å². The Balaban J connectivity index is 2.12. The van der Waals surface area contributed by atoms with Gasteiger partial charge in [0, 0.05) is 16.7 Å². The van der Waals surface area contributed by atoms with Crippen molar-refractivity contribution in [3.8, 4) is 0 Å². The average Bonchev–Trinajstić information content (AvgIpc) is 2.51. The van der Waals surface area contributed by atoms with E-state index in [0.29, 0.717) is 0 Å². The maximum absolute atomic E-state index is 13.6. The van der Waals surface area contributed by atoms with Crippen LogP contribution >= 0.6 is 11.8 Å². The van der Waals surface area contributed by atoms with Crippen molar-refractivity contribution in [3.05, 3.63) is 65.5 Å². The summed E-state index contributed by atoms with van der Waals surface area (Å²) in [4.78, 5) is 1.25. The summed E-state index contributed by atoms with van der Waals surface area (Å²) < 4.78 is 13.6. The fraction of sp³-hybridized carbons (Fsp3) is 0.333. The summed E-state index contributed by atoms with van der Waals surface area (Å²) in [6, 6.07) is 15.6. The molecule has 0 aliphatic heterocycles. The van der Waals surface area contributed by atoms with E-state index < -0.39 is 0 Å². The Morgan fingerprint density at radius 1 is 1.14 bits per heavy atom. The molecule has 2 aromatic rings. The highest BCUT2D eigenvalue weighted by Crippen LogP contribution is 2.27. The Hall–Kier alpha value is -1.32. The summed E-state index contributed by atoms with van der Waals surface area (Å²) in [5, 5.41) is 3.54. The Labute approximate surface area is 131 Å². The van der Waals surface area contributed by atoms with Gasteiger partial charge >= 0.3 is 0 Å². The number of hydrogen-bond acceptors (Lipinski definition) is 2. The van der Waals surface area contributed by atoms with Crippen LogP contribution in [0.15, 0.2) is 53.4 Å². The molecule has 1 N–H and O–H groups in total. The predicted octanol–water partition coefficient (Wildman–Crippen LogP) is 4.97. The third-order valence-electron chi connectivity index (χ3n) is 3.42. The van der Waals surface area contributed by atoms with Crippen LogP contribution in [0, 0.1) is 12.7 Å². The van der Waals surface area contributed by atoms with Crippen molar-refractivity contribution in [3.63, 3.8) is 0 Å². The summed E-state index contributed by atoms with van der Waals surface area (Å²) in [7, 11) is 0. The molecule has 1 nitrogen and oxygen atoms in total. The number of rotatable bonds is 7. The van der Waals surface area contributed by atoms with Gasteiger partial charge in [0.2, 0.25) is 0 Å². The minimum Gasteiger partial charge on any atom is -0.309 e. The van der Waals surface area contributed by atoms with Gasteiger partial charge in [0.25, 0.3) is 0 Å². The standard InChI is InChI=1S/C18H22FNS/c1-3-11-20-18(13-21-16-7-5-4-6-8-16)17-12-15(19)10-9-14(17)2/h4-10,12,18,20H,3,11,13H2,1-2H3. The highest BCUT2D eigenvalue weighted by Gasteiger charge is 2.14. The average molecular weight is 303 g/mol. The fourth-order valence-electron chi connectivity index (χ4n) is 2.26. The second-order valence-corrected chi connectivity index (χ2v) is 6.23. The summed E-state index contributed by atoms with van der Waals surface area (Å²) in [5.74, 6) is 0.734. The van der Waals surface area contributed by atoms with E-state index in [4.69, 9.17) is 0 Å². The van der Waals surface area contributed by atoms with Crippen molar-refractivity contribution in [2.75, 3.05) is 12.3 Å². The smallest absolute Gasteiger partial charge is 0.123 e. The van der Waals surface area contributed by atoms with Gasteiger partial charge in [0.15, 0.2) is 0 Å². The van der Waals surface area contributed by atoms with E-state index in [0.717, 1.165) is 29.8 Å². The highest BCUT2D eigenvalue weighted by atomic mass is 32.2. The number of nitrogens with one attached hydrogen (secondary N) is 1. The van der Waals surface area contributed by atoms with Gasteiger partial charge in [0.1, 0.15) is 5.82 Å². The van der Waals surface area contributed by atoms with Crippen LogP contribution in [0.25, 0.3) is 0 Å². The Morgan fingerprint density at radius 2 is 1.90 bits per heavy atom. The summed E-state index contributed by atoms with van der Waals surface area (Å²) >= 11 is 1.80. The van der Waals surface area contributed by atoms with Crippen molar-refractivity contribution < 1.29 is 4.39 Å². The lowest BCUT2D eigenvalue weighted by Gasteiger charge is -2.21. The maximum Gasteiger partial charge on any atom is 0.123 e. The number of thioether (sulfide) groups is 1. The van der Waals surface area contributed by atoms with E-state index in [1.807, 2.05) is 31.2 Å². The van der Waals surface area contributed by atoms with Crippen molar-refractivity contribution in [2.24, 2.45) is 0 Å². The molecule has 2 aromatic carbocycles. The number of halogens is 1. The first-order chi connectivity index (χ1) is 10.2. The second-order valence-electron chi connectivity index (χ2n) is 5.13. The molecule has 112 valence electrons. The lowest BCUT2D eigenvalue weighted by atomic mass is 10.0. The molecule has 21 heavy (non-hydrogen) atoms. The molecule has 0 aliphatic rings. The van der Waals surface area contributed by atoms with Crippen LogP contribution < -0.4 is 5.32 Å². The summed E-state index contributed by atoms with van der Waals surface area (Å²) in [6.07, 6.45) is 1.07. The third-order valence-corrected chi connectivity index (χ3v) is 4.52. The zero-order valence-corrected chi connectivity index (χ0v) is 13.4. The van der Waals surface area contributed by atoms with Gasteiger partial charge in [-0.2, -0.15) is 0 Å². The van der Waals surface area contributed by atoms with Crippen molar-refractivity contribution >= 4 is 11.8 Å². The van der Waals surface area contributed by atoms with Gasteiger partial charge in [-0.3, -0.25) is 0 Å². The molecule has 0 bridgehead atoms. The SMILES string of the molecule is CCCNC(CSc1ccccc1)c1cc(F)ccc1C. The molecule has 1 unspecified atom stereocenters. The summed E-state index contributed by atoms with van der Waals surface area (Å²) in [6.45, 7) is 5.13. The molecule has 0 radical (unpaired) electrons. The van der Waals surface area contributed by atoms with Gasteiger partial charge in [0.05, 0.1) is 0 Å². The number of hydrogen-bond donors (Lipinski definition) is 1. The zero-order valence-electron chi connectivity index (χ0n) is 12.6. The van der Waals surface area contributed by atoms with Gasteiger partial charge in [-0.05, 0) is 55.3 Å². The van der Waals surface area contributed by atoms with Gasteiger partial charge in [-0.1, -0.05) is 31.2 Å². The number of benzene rings is 2. The molecular weight excluding hydrogens is 281 g/mol. The lowest BCUT2D eigenvalue weighted by molar-refractivity contribution is 0.565. The minimum atomic E-state index is -0.163. The molecule has 0 heterocycles. The predicted molar refractivity (Wildman–Crippen MR) is 89.3 cm³/mol. The lowest BCUT2D eigenvalue weighted by Crippen LogP contribution is -2.25. The van der Waals surface area contributed by atoms with Crippen molar-refractivity contribution in [1.82, 2.24) is 5.32 Å². The monoisotopic (exact) mass is 303 g/mol. The van der Waals surface area contributed by atoms with Crippen molar-refractivity contribution in [2.45, 2.75) is 31.2 Å². The van der Waals surface area contributed by atoms with E-state index in [2.05, 4.69) is 24.4 Å². The van der Waals surface area contributed by atoms with Crippen molar-refractivity contribution in [1.29, 1.82) is 0 Å². The highest BCUT2D eigenvalue weighted by molar-refractivity contribution is 7.99. The van der Waals surface area contributed by atoms with Crippen LogP contribution in [0.3, 0.4) is 0 Å².